The van der Waals surface area contributed by atoms with Crippen molar-refractivity contribution in [2.45, 2.75) is 38.5 Å². The summed E-state index contributed by atoms with van der Waals surface area (Å²) >= 11 is 0. The van der Waals surface area contributed by atoms with Gasteiger partial charge >= 0.3 is 0 Å². The van der Waals surface area contributed by atoms with Crippen molar-refractivity contribution in [3.05, 3.63) is 94.8 Å². The molecule has 118 valence electrons. The molecule has 0 heterocycles. The molecule has 3 aliphatic carbocycles. The molecule has 0 aliphatic heterocycles. The van der Waals surface area contributed by atoms with Crippen LogP contribution in [0, 0.1) is 0 Å². The highest BCUT2D eigenvalue weighted by molar-refractivity contribution is 5.55. The smallest absolute Gasteiger partial charge is 0.00838 e. The maximum atomic E-state index is 5.82. The fraction of sp³-hybridized carbons (Fsp3) is 0.273. The Balaban J connectivity index is 1.83. The predicted molar refractivity (Wildman–Crippen MR) is 99.7 cm³/mol. The van der Waals surface area contributed by atoms with E-state index < -0.39 is 0 Å². The minimum atomic E-state index is 0.969. The zero-order valence-electron chi connectivity index (χ0n) is 13.7. The van der Waals surface area contributed by atoms with E-state index in [1.807, 2.05) is 6.08 Å². The van der Waals surface area contributed by atoms with Crippen molar-refractivity contribution in [3.8, 4) is 0 Å². The van der Waals surface area contributed by atoms with Crippen LogP contribution >= 0.6 is 0 Å². The summed E-state index contributed by atoms with van der Waals surface area (Å²) in [6.07, 6.45) is 31.0. The lowest BCUT2D eigenvalue weighted by atomic mass is 9.89. The molecule has 3 aliphatic rings. The Bertz CT molecular complexity index is 687. The van der Waals surface area contributed by atoms with Crippen LogP contribution in [0.3, 0.4) is 0 Å². The number of rotatable bonds is 4. The Kier molecular flexibility index (Phi) is 5.31. The van der Waals surface area contributed by atoms with Crippen molar-refractivity contribution < 1.29 is 0 Å². The quantitative estimate of drug-likeness (QED) is 0.674. The second kappa shape index (κ2) is 7.82. The molecule has 0 aromatic carbocycles. The molecule has 0 saturated carbocycles. The molecule has 0 aromatic rings. The van der Waals surface area contributed by atoms with Crippen LogP contribution in [0.5, 0.6) is 0 Å². The van der Waals surface area contributed by atoms with Gasteiger partial charge in [0.25, 0.3) is 0 Å². The van der Waals surface area contributed by atoms with Gasteiger partial charge in [-0.2, -0.15) is 0 Å². The topological polar surface area (TPSA) is 26.0 Å². The van der Waals surface area contributed by atoms with Crippen LogP contribution in [-0.2, 0) is 0 Å². The highest BCUT2D eigenvalue weighted by atomic mass is 14.6. The Morgan fingerprint density at radius 2 is 1.91 bits per heavy atom. The average Bonchev–Trinajstić information content (AvgIpc) is 2.62. The van der Waals surface area contributed by atoms with Gasteiger partial charge in [0.1, 0.15) is 0 Å². The maximum Gasteiger partial charge on any atom is 0.00838 e. The first-order valence-electron chi connectivity index (χ1n) is 8.59. The van der Waals surface area contributed by atoms with Crippen molar-refractivity contribution in [2.24, 2.45) is 5.73 Å². The number of nitrogens with two attached hydrogens (primary N) is 1. The first kappa shape index (κ1) is 15.6. The summed E-state index contributed by atoms with van der Waals surface area (Å²) < 4.78 is 0. The van der Waals surface area contributed by atoms with Crippen molar-refractivity contribution in [3.63, 3.8) is 0 Å². The standard InChI is InChI=1S/C22H25N/c23-21-16-14-18(15-17-21)8-7-13-22(19-9-3-1-4-10-19)20-11-5-2-6-12-20/h1,3,5,7-9,11-14,16H,2,4,6,10,15,17,23H2. The second-order valence-electron chi connectivity index (χ2n) is 6.22. The molecule has 0 aromatic heterocycles. The van der Waals surface area contributed by atoms with Gasteiger partial charge in [-0.1, -0.05) is 60.8 Å². The minimum Gasteiger partial charge on any atom is -0.402 e. The highest BCUT2D eigenvalue weighted by Crippen LogP contribution is 2.29. The molecule has 0 unspecified atom stereocenters. The molecule has 0 atom stereocenters. The molecule has 1 nitrogen and oxygen atoms in total. The summed E-state index contributed by atoms with van der Waals surface area (Å²) in [5.74, 6) is 0. The van der Waals surface area contributed by atoms with Crippen LogP contribution < -0.4 is 5.73 Å². The summed E-state index contributed by atoms with van der Waals surface area (Å²) in [5, 5.41) is 0. The largest absolute Gasteiger partial charge is 0.402 e. The van der Waals surface area contributed by atoms with Crippen LogP contribution in [-0.4, -0.2) is 0 Å². The Labute approximate surface area is 139 Å². The van der Waals surface area contributed by atoms with Crippen molar-refractivity contribution in [1.82, 2.24) is 0 Å². The summed E-state index contributed by atoms with van der Waals surface area (Å²) in [7, 11) is 0. The SMILES string of the molecule is NC1=CC=C(C=CC=C(C2=CCCC=C2)C2=CC=CCC2)CC1. The third-order valence-corrected chi connectivity index (χ3v) is 4.45. The lowest BCUT2D eigenvalue weighted by Gasteiger charge is -2.16. The Morgan fingerprint density at radius 1 is 0.957 bits per heavy atom. The van der Waals surface area contributed by atoms with E-state index in [2.05, 4.69) is 60.8 Å². The number of hydrogen-bond acceptors (Lipinski definition) is 1. The Morgan fingerprint density at radius 3 is 2.61 bits per heavy atom. The molecule has 0 amide bonds. The first-order valence-corrected chi connectivity index (χ1v) is 8.59. The number of allylic oxidation sites excluding steroid dienone is 16. The van der Waals surface area contributed by atoms with Gasteiger partial charge in [-0.15, -0.1) is 0 Å². The highest BCUT2D eigenvalue weighted by Gasteiger charge is 2.10. The summed E-state index contributed by atoms with van der Waals surface area (Å²) in [4.78, 5) is 0. The van der Waals surface area contributed by atoms with Crippen LogP contribution in [0.1, 0.15) is 38.5 Å². The van der Waals surface area contributed by atoms with Gasteiger partial charge in [-0.25, -0.2) is 0 Å². The zero-order chi connectivity index (χ0) is 15.9. The fourth-order valence-electron chi connectivity index (χ4n) is 3.11. The maximum absolute atomic E-state index is 5.82. The predicted octanol–water partition coefficient (Wildman–Crippen LogP) is 5.58. The van der Waals surface area contributed by atoms with Crippen LogP contribution in [0.25, 0.3) is 0 Å². The molecule has 0 bridgehead atoms. The minimum absolute atomic E-state index is 0.969. The van der Waals surface area contributed by atoms with E-state index >= 15 is 0 Å². The molecule has 3 rings (SSSR count). The van der Waals surface area contributed by atoms with Gasteiger partial charge in [0, 0.05) is 5.70 Å². The molecule has 0 fully saturated rings. The molecule has 0 saturated heterocycles. The molecule has 2 N–H and O–H groups in total. The van der Waals surface area contributed by atoms with Gasteiger partial charge in [0.05, 0.1) is 0 Å². The molecule has 1 heteroatoms. The van der Waals surface area contributed by atoms with Crippen molar-refractivity contribution in [1.29, 1.82) is 0 Å². The summed E-state index contributed by atoms with van der Waals surface area (Å²) in [5.41, 5.74) is 12.3. The summed E-state index contributed by atoms with van der Waals surface area (Å²) in [6, 6.07) is 0. The van der Waals surface area contributed by atoms with Crippen LogP contribution in [0.15, 0.2) is 94.8 Å². The van der Waals surface area contributed by atoms with Gasteiger partial charge in [-0.3, -0.25) is 0 Å². The molecule has 0 radical (unpaired) electrons. The van der Waals surface area contributed by atoms with E-state index in [0.29, 0.717) is 0 Å². The third kappa shape index (κ3) is 4.35. The lowest BCUT2D eigenvalue weighted by Crippen LogP contribution is -2.00. The lowest BCUT2D eigenvalue weighted by molar-refractivity contribution is 0.912. The average molecular weight is 303 g/mol. The first-order chi connectivity index (χ1) is 11.3. The van der Waals surface area contributed by atoms with E-state index in [9.17, 15) is 0 Å². The van der Waals surface area contributed by atoms with Crippen LogP contribution in [0.4, 0.5) is 0 Å². The second-order valence-corrected chi connectivity index (χ2v) is 6.22. The van der Waals surface area contributed by atoms with E-state index in [-0.39, 0.29) is 0 Å². The van der Waals surface area contributed by atoms with E-state index in [0.717, 1.165) is 44.2 Å². The Hall–Kier alpha value is -2.28. The normalized spacial score (nSPS) is 21.8. The fourth-order valence-corrected chi connectivity index (χ4v) is 3.11. The van der Waals surface area contributed by atoms with Gasteiger partial charge in [0.2, 0.25) is 0 Å². The van der Waals surface area contributed by atoms with Gasteiger partial charge in [0.15, 0.2) is 0 Å². The van der Waals surface area contributed by atoms with Crippen LogP contribution in [0.2, 0.25) is 0 Å². The zero-order valence-corrected chi connectivity index (χ0v) is 13.7. The van der Waals surface area contributed by atoms with Crippen molar-refractivity contribution >= 4 is 0 Å². The molecular weight excluding hydrogens is 278 g/mol. The van der Waals surface area contributed by atoms with E-state index in [1.54, 1.807) is 0 Å². The molecule has 23 heavy (non-hydrogen) atoms. The summed E-state index contributed by atoms with van der Waals surface area (Å²) in [6.45, 7) is 0. The van der Waals surface area contributed by atoms with Gasteiger partial charge in [-0.05, 0) is 66.9 Å². The molecule has 0 spiro atoms. The van der Waals surface area contributed by atoms with Gasteiger partial charge < -0.3 is 5.73 Å². The van der Waals surface area contributed by atoms with E-state index in [4.69, 9.17) is 5.73 Å². The monoisotopic (exact) mass is 303 g/mol. The van der Waals surface area contributed by atoms with E-state index in [1.165, 1.54) is 22.3 Å². The molecular formula is C22H25N. The number of hydrogen-bond donors (Lipinski definition) is 1. The van der Waals surface area contributed by atoms with Crippen molar-refractivity contribution in [2.75, 3.05) is 0 Å². The third-order valence-electron chi connectivity index (χ3n) is 4.45.